The van der Waals surface area contributed by atoms with E-state index in [2.05, 4.69) is 32.8 Å². The third-order valence-electron chi connectivity index (χ3n) is 4.79. The molecule has 0 radical (unpaired) electrons. The van der Waals surface area contributed by atoms with Gasteiger partial charge in [0.15, 0.2) is 0 Å². The van der Waals surface area contributed by atoms with Gasteiger partial charge in [0, 0.05) is 54.5 Å². The molecule has 4 heterocycles. The molecule has 1 aliphatic rings. The summed E-state index contributed by atoms with van der Waals surface area (Å²) < 4.78 is 5.10. The van der Waals surface area contributed by atoms with Gasteiger partial charge in [0.2, 0.25) is 0 Å². The lowest BCUT2D eigenvalue weighted by molar-refractivity contribution is 0.105. The van der Waals surface area contributed by atoms with Gasteiger partial charge in [0.05, 0.1) is 12.3 Å². The number of aromatic nitrogens is 3. The zero-order valence-electron chi connectivity index (χ0n) is 15.6. The average Bonchev–Trinajstić information content (AvgIpc) is 3.34. The number of aromatic amines is 1. The highest BCUT2D eigenvalue weighted by molar-refractivity contribution is 7.15. The zero-order valence-corrected chi connectivity index (χ0v) is 16.4. The number of pyridine rings is 1. The Morgan fingerprint density at radius 2 is 2.07 bits per heavy atom. The Bertz CT molecular complexity index is 943. The van der Waals surface area contributed by atoms with Gasteiger partial charge in [-0.15, -0.1) is 11.3 Å². The molecule has 0 aliphatic carbocycles. The second-order valence-electron chi connectivity index (χ2n) is 6.43. The number of carbonyl (C=O) groups is 1. The number of piperazine rings is 1. The van der Waals surface area contributed by atoms with Gasteiger partial charge in [0.25, 0.3) is 0 Å². The quantitative estimate of drug-likeness (QED) is 0.744. The molecule has 7 nitrogen and oxygen atoms in total. The number of thiazole rings is 1. The maximum absolute atomic E-state index is 11.9. The van der Waals surface area contributed by atoms with Gasteiger partial charge >= 0.3 is 6.09 Å². The molecule has 27 heavy (non-hydrogen) atoms. The van der Waals surface area contributed by atoms with E-state index < -0.39 is 0 Å². The van der Waals surface area contributed by atoms with Gasteiger partial charge in [-0.05, 0) is 25.5 Å². The number of hydrogen-bond donors (Lipinski definition) is 1. The van der Waals surface area contributed by atoms with E-state index in [9.17, 15) is 4.79 Å². The van der Waals surface area contributed by atoms with Crippen LogP contribution in [0.1, 0.15) is 18.7 Å². The van der Waals surface area contributed by atoms with Crippen molar-refractivity contribution in [3.8, 4) is 10.7 Å². The molecular formula is C19H23N5O2S. The first-order valence-electron chi connectivity index (χ1n) is 9.29. The van der Waals surface area contributed by atoms with Crippen LogP contribution >= 0.6 is 11.3 Å². The van der Waals surface area contributed by atoms with Crippen molar-refractivity contribution in [3.05, 3.63) is 29.4 Å². The Morgan fingerprint density at radius 1 is 1.26 bits per heavy atom. The second-order valence-corrected chi connectivity index (χ2v) is 7.55. The van der Waals surface area contributed by atoms with Gasteiger partial charge in [-0.1, -0.05) is 6.92 Å². The fourth-order valence-corrected chi connectivity index (χ4v) is 4.17. The van der Waals surface area contributed by atoms with Crippen molar-refractivity contribution in [2.75, 3.05) is 37.7 Å². The average molecular weight is 385 g/mol. The second kappa shape index (κ2) is 7.56. The fraction of sp³-hybridized carbons (Fsp3) is 0.421. The largest absolute Gasteiger partial charge is 0.450 e. The first kappa shape index (κ1) is 17.8. The van der Waals surface area contributed by atoms with Crippen LogP contribution in [-0.4, -0.2) is 58.7 Å². The number of nitrogens with one attached hydrogen (secondary N) is 1. The molecule has 4 rings (SSSR count). The van der Waals surface area contributed by atoms with Gasteiger partial charge in [0.1, 0.15) is 10.7 Å². The van der Waals surface area contributed by atoms with Crippen molar-refractivity contribution in [2.45, 2.75) is 20.3 Å². The number of anilines is 1. The van der Waals surface area contributed by atoms with E-state index in [1.165, 1.54) is 4.88 Å². The predicted molar refractivity (Wildman–Crippen MR) is 107 cm³/mol. The SMILES string of the molecule is CCOC(=O)N1CCN(c2ccnc3[nH]c(-c4ncc(CC)s4)cc23)CC1. The van der Waals surface area contributed by atoms with Gasteiger partial charge in [-0.2, -0.15) is 0 Å². The van der Waals surface area contributed by atoms with Gasteiger partial charge in [-0.25, -0.2) is 14.8 Å². The minimum atomic E-state index is -0.226. The summed E-state index contributed by atoms with van der Waals surface area (Å²) in [5, 5.41) is 2.08. The van der Waals surface area contributed by atoms with E-state index in [0.717, 1.165) is 46.9 Å². The lowest BCUT2D eigenvalue weighted by Crippen LogP contribution is -2.49. The molecule has 142 valence electrons. The Balaban J connectivity index is 1.57. The van der Waals surface area contributed by atoms with Crippen LogP contribution in [0.2, 0.25) is 0 Å². The summed E-state index contributed by atoms with van der Waals surface area (Å²) in [6, 6.07) is 4.17. The molecule has 1 amide bonds. The van der Waals surface area contributed by atoms with E-state index in [1.54, 1.807) is 16.2 Å². The highest BCUT2D eigenvalue weighted by Crippen LogP contribution is 2.32. The number of ether oxygens (including phenoxy) is 1. The number of aryl methyl sites for hydroxylation is 1. The highest BCUT2D eigenvalue weighted by Gasteiger charge is 2.23. The molecule has 3 aromatic heterocycles. The predicted octanol–water partition coefficient (Wildman–Crippen LogP) is 3.53. The number of fused-ring (bicyclic) bond motifs is 1. The summed E-state index contributed by atoms with van der Waals surface area (Å²) in [4.78, 5) is 29.7. The lowest BCUT2D eigenvalue weighted by atomic mass is 10.2. The van der Waals surface area contributed by atoms with Crippen LogP contribution in [0.5, 0.6) is 0 Å². The normalized spacial score (nSPS) is 14.7. The number of rotatable bonds is 4. The standard InChI is InChI=1S/C19H23N5O2S/c1-3-13-12-21-18(27-13)15-11-14-16(5-6-20-17(14)22-15)23-7-9-24(10-8-23)19(25)26-4-2/h5-6,11-12H,3-4,7-10H2,1-2H3,(H,20,22). The van der Waals surface area contributed by atoms with Gasteiger partial charge < -0.3 is 19.5 Å². The lowest BCUT2D eigenvalue weighted by Gasteiger charge is -2.35. The van der Waals surface area contributed by atoms with Crippen LogP contribution in [0.4, 0.5) is 10.5 Å². The number of H-pyrrole nitrogens is 1. The first-order chi connectivity index (χ1) is 13.2. The van der Waals surface area contributed by atoms with Crippen molar-refractivity contribution >= 4 is 34.2 Å². The molecular weight excluding hydrogens is 362 g/mol. The highest BCUT2D eigenvalue weighted by atomic mass is 32.1. The summed E-state index contributed by atoms with van der Waals surface area (Å²) in [6.45, 7) is 7.24. The summed E-state index contributed by atoms with van der Waals surface area (Å²) in [7, 11) is 0. The maximum Gasteiger partial charge on any atom is 0.409 e. The Hall–Kier alpha value is -2.61. The topological polar surface area (TPSA) is 74.3 Å². The third kappa shape index (κ3) is 3.49. The van der Waals surface area contributed by atoms with E-state index in [1.807, 2.05) is 25.4 Å². The monoisotopic (exact) mass is 385 g/mol. The molecule has 0 atom stereocenters. The molecule has 1 fully saturated rings. The molecule has 3 aromatic rings. The number of hydrogen-bond acceptors (Lipinski definition) is 6. The van der Waals surface area contributed by atoms with Crippen molar-refractivity contribution < 1.29 is 9.53 Å². The smallest absolute Gasteiger partial charge is 0.409 e. The minimum absolute atomic E-state index is 0.226. The summed E-state index contributed by atoms with van der Waals surface area (Å²) in [6.07, 6.45) is 4.53. The van der Waals surface area contributed by atoms with Crippen molar-refractivity contribution in [1.29, 1.82) is 0 Å². The maximum atomic E-state index is 11.9. The van der Waals surface area contributed by atoms with Crippen molar-refractivity contribution in [2.24, 2.45) is 0 Å². The molecule has 1 N–H and O–H groups in total. The van der Waals surface area contributed by atoms with Gasteiger partial charge in [-0.3, -0.25) is 0 Å². The minimum Gasteiger partial charge on any atom is -0.450 e. The molecule has 0 bridgehead atoms. The summed E-state index contributed by atoms with van der Waals surface area (Å²) in [5.41, 5.74) is 3.00. The van der Waals surface area contributed by atoms with Crippen LogP contribution < -0.4 is 4.90 Å². The first-order valence-corrected chi connectivity index (χ1v) is 10.1. The Labute approximate surface area is 162 Å². The van der Waals surface area contributed by atoms with E-state index in [-0.39, 0.29) is 6.09 Å². The van der Waals surface area contributed by atoms with Crippen LogP contribution in [0.15, 0.2) is 24.5 Å². The Morgan fingerprint density at radius 3 is 2.78 bits per heavy atom. The molecule has 0 saturated carbocycles. The Kier molecular flexibility index (Phi) is 4.98. The fourth-order valence-electron chi connectivity index (χ4n) is 3.34. The zero-order chi connectivity index (χ0) is 18.8. The van der Waals surface area contributed by atoms with E-state index in [0.29, 0.717) is 19.7 Å². The molecule has 1 saturated heterocycles. The molecule has 0 unspecified atom stereocenters. The number of amides is 1. The van der Waals surface area contributed by atoms with Crippen molar-refractivity contribution in [3.63, 3.8) is 0 Å². The number of carbonyl (C=O) groups excluding carboxylic acids is 1. The number of nitrogens with zero attached hydrogens (tertiary/aromatic N) is 4. The molecule has 0 aromatic carbocycles. The molecule has 1 aliphatic heterocycles. The van der Waals surface area contributed by atoms with E-state index in [4.69, 9.17) is 4.74 Å². The van der Waals surface area contributed by atoms with E-state index >= 15 is 0 Å². The molecule has 8 heteroatoms. The third-order valence-corrected chi connectivity index (χ3v) is 5.96. The van der Waals surface area contributed by atoms with Crippen LogP contribution in [0.25, 0.3) is 21.7 Å². The van der Waals surface area contributed by atoms with Crippen LogP contribution in [-0.2, 0) is 11.2 Å². The summed E-state index contributed by atoms with van der Waals surface area (Å²) in [5.74, 6) is 0. The van der Waals surface area contributed by atoms with Crippen LogP contribution in [0, 0.1) is 0 Å². The van der Waals surface area contributed by atoms with Crippen molar-refractivity contribution in [1.82, 2.24) is 19.9 Å². The molecule has 0 spiro atoms. The summed E-state index contributed by atoms with van der Waals surface area (Å²) >= 11 is 1.71. The van der Waals surface area contributed by atoms with Crippen LogP contribution in [0.3, 0.4) is 0 Å².